The molecule has 0 saturated carbocycles. The summed E-state index contributed by atoms with van der Waals surface area (Å²) in [6, 6.07) is 11.4. The molecule has 0 aliphatic carbocycles. The molecule has 24 heavy (non-hydrogen) atoms. The number of carbonyl (C=O) groups is 1. The van der Waals surface area contributed by atoms with Gasteiger partial charge in [-0.25, -0.2) is 0 Å². The van der Waals surface area contributed by atoms with Crippen molar-refractivity contribution in [3.8, 4) is 11.5 Å². The van der Waals surface area contributed by atoms with Gasteiger partial charge in [0, 0.05) is 18.7 Å². The summed E-state index contributed by atoms with van der Waals surface area (Å²) >= 11 is 0. The Kier molecular flexibility index (Phi) is 4.33. The first kappa shape index (κ1) is 15.8. The van der Waals surface area contributed by atoms with Gasteiger partial charge in [-0.2, -0.15) is 0 Å². The summed E-state index contributed by atoms with van der Waals surface area (Å²) in [6.07, 6.45) is 2.51. The fourth-order valence-electron chi connectivity index (χ4n) is 2.65. The van der Waals surface area contributed by atoms with Crippen LogP contribution in [0.3, 0.4) is 0 Å². The first-order chi connectivity index (χ1) is 11.5. The number of hydrogen-bond acceptors (Lipinski definition) is 5. The van der Waals surface area contributed by atoms with Crippen molar-refractivity contribution < 1.29 is 14.5 Å². The summed E-state index contributed by atoms with van der Waals surface area (Å²) in [5, 5.41) is 10.9. The fraction of sp³-hybridized carbons (Fsp3) is 0.235. The number of nitrogen functional groups attached to an aromatic ring is 1. The van der Waals surface area contributed by atoms with E-state index in [1.807, 2.05) is 12.1 Å². The lowest BCUT2D eigenvalue weighted by atomic mass is 10.1. The maximum Gasteiger partial charge on any atom is 0.295 e. The van der Waals surface area contributed by atoms with Crippen molar-refractivity contribution in [3.63, 3.8) is 0 Å². The molecule has 3 rings (SSSR count). The normalized spacial score (nSPS) is 14.5. The largest absolute Gasteiger partial charge is 0.457 e. The molecule has 0 bridgehead atoms. The number of rotatable bonds is 4. The zero-order valence-corrected chi connectivity index (χ0v) is 13.0. The minimum absolute atomic E-state index is 0.0892. The molecule has 0 atom stereocenters. The fourth-order valence-corrected chi connectivity index (χ4v) is 2.65. The first-order valence-corrected chi connectivity index (χ1v) is 7.67. The predicted octanol–water partition coefficient (Wildman–Crippen LogP) is 3.49. The van der Waals surface area contributed by atoms with E-state index in [-0.39, 0.29) is 17.3 Å². The monoisotopic (exact) mass is 327 g/mol. The number of nitro groups is 1. The second kappa shape index (κ2) is 6.57. The number of carbonyl (C=O) groups excluding carboxylic acids is 1. The van der Waals surface area contributed by atoms with Crippen LogP contribution in [0.25, 0.3) is 0 Å². The number of anilines is 2. The summed E-state index contributed by atoms with van der Waals surface area (Å²) in [6.45, 7) is 0.725. The van der Waals surface area contributed by atoms with Gasteiger partial charge < -0.3 is 15.4 Å². The summed E-state index contributed by atoms with van der Waals surface area (Å²) in [5.41, 5.74) is 6.29. The lowest BCUT2D eigenvalue weighted by Crippen LogP contribution is -2.35. The van der Waals surface area contributed by atoms with E-state index in [0.29, 0.717) is 17.9 Å². The van der Waals surface area contributed by atoms with Crippen LogP contribution in [-0.2, 0) is 4.79 Å². The quantitative estimate of drug-likeness (QED) is 0.526. The van der Waals surface area contributed by atoms with Crippen molar-refractivity contribution in [2.24, 2.45) is 0 Å². The van der Waals surface area contributed by atoms with Crippen molar-refractivity contribution in [2.45, 2.75) is 19.3 Å². The van der Waals surface area contributed by atoms with Gasteiger partial charge in [0.05, 0.1) is 11.0 Å². The molecule has 1 saturated heterocycles. The van der Waals surface area contributed by atoms with Crippen molar-refractivity contribution >= 4 is 23.0 Å². The predicted molar refractivity (Wildman–Crippen MR) is 90.2 cm³/mol. The molecule has 0 unspecified atom stereocenters. The van der Waals surface area contributed by atoms with Gasteiger partial charge in [0.2, 0.25) is 5.91 Å². The highest BCUT2D eigenvalue weighted by molar-refractivity contribution is 5.94. The molecular formula is C17H17N3O4. The van der Waals surface area contributed by atoms with Crippen molar-refractivity contribution in [1.82, 2.24) is 0 Å². The zero-order valence-electron chi connectivity index (χ0n) is 13.0. The first-order valence-electron chi connectivity index (χ1n) is 7.67. The number of benzene rings is 2. The Morgan fingerprint density at radius 1 is 1.08 bits per heavy atom. The molecule has 124 valence electrons. The molecule has 1 heterocycles. The molecule has 7 nitrogen and oxygen atoms in total. The Balaban J connectivity index is 1.76. The molecule has 1 aliphatic heterocycles. The smallest absolute Gasteiger partial charge is 0.295 e. The highest BCUT2D eigenvalue weighted by Gasteiger charge is 2.19. The Morgan fingerprint density at radius 2 is 1.79 bits per heavy atom. The van der Waals surface area contributed by atoms with Crippen LogP contribution < -0.4 is 15.4 Å². The molecule has 0 aromatic heterocycles. The average Bonchev–Trinajstić information content (AvgIpc) is 2.58. The van der Waals surface area contributed by atoms with Crippen LogP contribution in [0.15, 0.2) is 42.5 Å². The maximum absolute atomic E-state index is 11.9. The van der Waals surface area contributed by atoms with Crippen LogP contribution in [0, 0.1) is 10.1 Å². The number of nitro benzene ring substituents is 1. The van der Waals surface area contributed by atoms with E-state index < -0.39 is 4.92 Å². The topological polar surface area (TPSA) is 98.7 Å². The molecule has 1 fully saturated rings. The molecule has 2 aromatic rings. The van der Waals surface area contributed by atoms with E-state index in [2.05, 4.69) is 0 Å². The molecule has 0 radical (unpaired) electrons. The van der Waals surface area contributed by atoms with E-state index in [1.165, 1.54) is 12.1 Å². The van der Waals surface area contributed by atoms with Crippen LogP contribution in [0.2, 0.25) is 0 Å². The van der Waals surface area contributed by atoms with E-state index in [4.69, 9.17) is 10.5 Å². The summed E-state index contributed by atoms with van der Waals surface area (Å²) in [4.78, 5) is 24.0. The molecule has 1 amide bonds. The third kappa shape index (κ3) is 3.29. The van der Waals surface area contributed by atoms with Gasteiger partial charge >= 0.3 is 0 Å². The SMILES string of the molecule is Nc1ccc(Oc2ccc(N3CCCCC3=O)cc2)cc1[N+](=O)[O-]. The van der Waals surface area contributed by atoms with Crippen molar-refractivity contribution in [3.05, 3.63) is 52.6 Å². The molecule has 2 aromatic carbocycles. The Hall–Kier alpha value is -3.09. The molecule has 1 aliphatic rings. The Labute approximate surface area is 138 Å². The maximum atomic E-state index is 11.9. The van der Waals surface area contributed by atoms with Crippen LogP contribution in [0.1, 0.15) is 19.3 Å². The summed E-state index contributed by atoms with van der Waals surface area (Å²) < 4.78 is 5.63. The third-order valence-corrected chi connectivity index (χ3v) is 3.91. The number of nitrogens with two attached hydrogens (primary N) is 1. The van der Waals surface area contributed by atoms with Gasteiger partial charge in [-0.1, -0.05) is 0 Å². The highest BCUT2D eigenvalue weighted by Crippen LogP contribution is 2.31. The van der Waals surface area contributed by atoms with Crippen LogP contribution in [-0.4, -0.2) is 17.4 Å². The standard InChI is InChI=1S/C17H17N3O4/c18-15-9-8-14(11-16(15)20(22)23)24-13-6-4-12(5-7-13)19-10-2-1-3-17(19)21/h4-9,11H,1-3,10,18H2. The van der Waals surface area contributed by atoms with E-state index >= 15 is 0 Å². The Bertz CT molecular complexity index is 774. The second-order valence-electron chi connectivity index (χ2n) is 5.58. The van der Waals surface area contributed by atoms with Gasteiger partial charge in [0.15, 0.2) is 0 Å². The zero-order chi connectivity index (χ0) is 17.1. The van der Waals surface area contributed by atoms with Gasteiger partial charge in [0.25, 0.3) is 5.69 Å². The van der Waals surface area contributed by atoms with Crippen molar-refractivity contribution in [1.29, 1.82) is 0 Å². The highest BCUT2D eigenvalue weighted by atomic mass is 16.6. The van der Waals surface area contributed by atoms with Gasteiger partial charge in [-0.15, -0.1) is 0 Å². The molecule has 7 heteroatoms. The van der Waals surface area contributed by atoms with Gasteiger partial charge in [-0.3, -0.25) is 14.9 Å². The van der Waals surface area contributed by atoms with Crippen LogP contribution in [0.5, 0.6) is 11.5 Å². The minimum Gasteiger partial charge on any atom is -0.457 e. The molecule has 2 N–H and O–H groups in total. The Morgan fingerprint density at radius 3 is 2.46 bits per heavy atom. The third-order valence-electron chi connectivity index (χ3n) is 3.91. The lowest BCUT2D eigenvalue weighted by Gasteiger charge is -2.26. The van der Waals surface area contributed by atoms with E-state index in [0.717, 1.165) is 25.1 Å². The van der Waals surface area contributed by atoms with Gasteiger partial charge in [0.1, 0.15) is 17.2 Å². The number of hydrogen-bond donors (Lipinski definition) is 1. The van der Waals surface area contributed by atoms with E-state index in [9.17, 15) is 14.9 Å². The summed E-state index contributed by atoms with van der Waals surface area (Å²) in [7, 11) is 0. The van der Waals surface area contributed by atoms with Crippen LogP contribution in [0.4, 0.5) is 17.1 Å². The lowest BCUT2D eigenvalue weighted by molar-refractivity contribution is -0.384. The number of piperidine rings is 1. The number of amides is 1. The van der Waals surface area contributed by atoms with Crippen LogP contribution >= 0.6 is 0 Å². The van der Waals surface area contributed by atoms with Gasteiger partial charge in [-0.05, 0) is 49.2 Å². The molecular weight excluding hydrogens is 310 g/mol. The number of ether oxygens (including phenoxy) is 1. The second-order valence-corrected chi connectivity index (χ2v) is 5.58. The summed E-state index contributed by atoms with van der Waals surface area (Å²) in [5.74, 6) is 0.990. The average molecular weight is 327 g/mol. The van der Waals surface area contributed by atoms with Crippen molar-refractivity contribution in [2.75, 3.05) is 17.2 Å². The number of nitrogens with zero attached hydrogens (tertiary/aromatic N) is 2. The molecule has 0 spiro atoms. The minimum atomic E-state index is -0.548. The van der Waals surface area contributed by atoms with E-state index in [1.54, 1.807) is 23.1 Å².